The fraction of sp³-hybridized carbons (Fsp3) is 0.273. The van der Waals surface area contributed by atoms with Crippen molar-refractivity contribution in [1.82, 2.24) is 9.97 Å². The van der Waals surface area contributed by atoms with Gasteiger partial charge in [0.1, 0.15) is 5.78 Å². The highest BCUT2D eigenvalue weighted by atomic mass is 32.2. The zero-order valence-electron chi connectivity index (χ0n) is 8.65. The average Bonchev–Trinajstić information content (AvgIpc) is 2.59. The molecule has 4 heteroatoms. The molecule has 2 aromatic rings. The highest BCUT2D eigenvalue weighted by Crippen LogP contribution is 2.23. The number of Topliss-reactive ketones (excluding diaryl/α,β-unsaturated/α-hetero) is 1. The fourth-order valence-corrected chi connectivity index (χ4v) is 2.06. The van der Waals surface area contributed by atoms with Gasteiger partial charge >= 0.3 is 0 Å². The Morgan fingerprint density at radius 1 is 1.47 bits per heavy atom. The number of thioether (sulfide) groups is 1. The molecule has 0 aliphatic rings. The molecule has 78 valence electrons. The molecule has 1 aromatic carbocycles. The second kappa shape index (κ2) is 4.06. The van der Waals surface area contributed by atoms with Gasteiger partial charge < -0.3 is 4.98 Å². The summed E-state index contributed by atoms with van der Waals surface area (Å²) in [7, 11) is 0. The van der Waals surface area contributed by atoms with E-state index in [1.807, 2.05) is 31.2 Å². The minimum atomic E-state index is -0.0504. The summed E-state index contributed by atoms with van der Waals surface area (Å²) in [6, 6.07) is 7.84. The van der Waals surface area contributed by atoms with Gasteiger partial charge in [0.05, 0.1) is 16.3 Å². The number of hydrogen-bond donors (Lipinski definition) is 1. The maximum absolute atomic E-state index is 11.1. The normalized spacial score (nSPS) is 12.9. The predicted molar refractivity (Wildman–Crippen MR) is 62.1 cm³/mol. The first kappa shape index (κ1) is 10.2. The first-order valence-corrected chi connectivity index (χ1v) is 5.66. The molecule has 1 unspecified atom stereocenters. The Labute approximate surface area is 92.3 Å². The Morgan fingerprint density at radius 2 is 2.20 bits per heavy atom. The number of para-hydroxylation sites is 2. The number of fused-ring (bicyclic) bond motifs is 1. The van der Waals surface area contributed by atoms with Crippen molar-refractivity contribution in [3.63, 3.8) is 0 Å². The molecule has 0 radical (unpaired) electrons. The van der Waals surface area contributed by atoms with Crippen LogP contribution < -0.4 is 0 Å². The smallest absolute Gasteiger partial charge is 0.167 e. The van der Waals surface area contributed by atoms with E-state index in [-0.39, 0.29) is 11.0 Å². The fourth-order valence-electron chi connectivity index (χ4n) is 1.24. The molecule has 1 N–H and O–H groups in total. The summed E-state index contributed by atoms with van der Waals surface area (Å²) in [6.45, 7) is 3.49. The predicted octanol–water partition coefficient (Wildman–Crippen LogP) is 2.63. The summed E-state index contributed by atoms with van der Waals surface area (Å²) >= 11 is 1.46. The summed E-state index contributed by atoms with van der Waals surface area (Å²) in [4.78, 5) is 18.7. The molecule has 2 rings (SSSR count). The van der Waals surface area contributed by atoms with Crippen LogP contribution in [0.25, 0.3) is 11.0 Å². The standard InChI is InChI=1S/C11H12N2OS/c1-7(14)8(2)15-11-12-9-5-3-4-6-10(9)13-11/h3-6,8H,1-2H3,(H,12,13). The van der Waals surface area contributed by atoms with Crippen LogP contribution in [0.2, 0.25) is 0 Å². The van der Waals surface area contributed by atoms with Crippen molar-refractivity contribution in [3.8, 4) is 0 Å². The number of nitrogens with one attached hydrogen (secondary N) is 1. The van der Waals surface area contributed by atoms with E-state index in [9.17, 15) is 4.79 Å². The minimum absolute atomic E-state index is 0.0504. The van der Waals surface area contributed by atoms with Crippen LogP contribution in [0, 0.1) is 0 Å². The van der Waals surface area contributed by atoms with Gasteiger partial charge in [0.25, 0.3) is 0 Å². The molecule has 0 saturated heterocycles. The lowest BCUT2D eigenvalue weighted by Gasteiger charge is -2.02. The Hall–Kier alpha value is -1.29. The van der Waals surface area contributed by atoms with Crippen LogP contribution in [0.1, 0.15) is 13.8 Å². The Morgan fingerprint density at radius 3 is 2.87 bits per heavy atom. The van der Waals surface area contributed by atoms with E-state index in [0.717, 1.165) is 16.2 Å². The molecular formula is C11H12N2OS. The molecule has 3 nitrogen and oxygen atoms in total. The zero-order valence-corrected chi connectivity index (χ0v) is 9.47. The number of aromatic nitrogens is 2. The number of hydrogen-bond acceptors (Lipinski definition) is 3. The van der Waals surface area contributed by atoms with Crippen LogP contribution in [0.15, 0.2) is 29.4 Å². The zero-order chi connectivity index (χ0) is 10.8. The Kier molecular flexibility index (Phi) is 2.77. The van der Waals surface area contributed by atoms with Gasteiger partial charge in [-0.05, 0) is 26.0 Å². The van der Waals surface area contributed by atoms with E-state index >= 15 is 0 Å². The third-order valence-electron chi connectivity index (χ3n) is 2.23. The van der Waals surface area contributed by atoms with Crippen LogP contribution in [-0.4, -0.2) is 21.0 Å². The largest absolute Gasteiger partial charge is 0.333 e. The van der Waals surface area contributed by atoms with Crippen molar-refractivity contribution in [2.45, 2.75) is 24.3 Å². The maximum atomic E-state index is 11.1. The van der Waals surface area contributed by atoms with Gasteiger partial charge in [-0.1, -0.05) is 23.9 Å². The molecule has 0 amide bonds. The summed E-state index contributed by atoms with van der Waals surface area (Å²) < 4.78 is 0. The topological polar surface area (TPSA) is 45.8 Å². The van der Waals surface area contributed by atoms with Crippen molar-refractivity contribution in [2.75, 3.05) is 0 Å². The number of carbonyl (C=O) groups excluding carboxylic acids is 1. The maximum Gasteiger partial charge on any atom is 0.167 e. The lowest BCUT2D eigenvalue weighted by molar-refractivity contribution is -0.116. The van der Waals surface area contributed by atoms with Crippen LogP contribution in [0.4, 0.5) is 0 Å². The number of nitrogens with zero attached hydrogens (tertiary/aromatic N) is 1. The van der Waals surface area contributed by atoms with E-state index in [1.54, 1.807) is 6.92 Å². The van der Waals surface area contributed by atoms with Gasteiger partial charge in [0.15, 0.2) is 5.16 Å². The molecule has 15 heavy (non-hydrogen) atoms. The second-order valence-electron chi connectivity index (χ2n) is 3.43. The van der Waals surface area contributed by atoms with E-state index in [1.165, 1.54) is 11.8 Å². The molecule has 1 aromatic heterocycles. The van der Waals surface area contributed by atoms with Crippen molar-refractivity contribution >= 4 is 28.6 Å². The van der Waals surface area contributed by atoms with Crippen molar-refractivity contribution in [3.05, 3.63) is 24.3 Å². The van der Waals surface area contributed by atoms with Crippen LogP contribution in [0.5, 0.6) is 0 Å². The molecule has 0 fully saturated rings. The number of rotatable bonds is 3. The molecule has 1 heterocycles. The molecule has 0 spiro atoms. The molecule has 0 aliphatic carbocycles. The highest BCUT2D eigenvalue weighted by molar-refractivity contribution is 8.00. The lowest BCUT2D eigenvalue weighted by atomic mass is 10.3. The van der Waals surface area contributed by atoms with Crippen molar-refractivity contribution in [2.24, 2.45) is 0 Å². The third-order valence-corrected chi connectivity index (χ3v) is 3.33. The summed E-state index contributed by atoms with van der Waals surface area (Å²) in [5.74, 6) is 0.167. The lowest BCUT2D eigenvalue weighted by Crippen LogP contribution is -2.07. The Bertz CT molecular complexity index is 459. The first-order valence-electron chi connectivity index (χ1n) is 4.78. The minimum Gasteiger partial charge on any atom is -0.333 e. The van der Waals surface area contributed by atoms with E-state index in [2.05, 4.69) is 9.97 Å². The molecule has 0 aliphatic heterocycles. The van der Waals surface area contributed by atoms with Crippen LogP contribution >= 0.6 is 11.8 Å². The molecule has 1 atom stereocenters. The van der Waals surface area contributed by atoms with Crippen LogP contribution in [-0.2, 0) is 4.79 Å². The summed E-state index contributed by atoms with van der Waals surface area (Å²) in [6.07, 6.45) is 0. The third kappa shape index (κ3) is 2.21. The van der Waals surface area contributed by atoms with E-state index < -0.39 is 0 Å². The van der Waals surface area contributed by atoms with E-state index in [0.29, 0.717) is 0 Å². The van der Waals surface area contributed by atoms with Crippen molar-refractivity contribution < 1.29 is 4.79 Å². The number of H-pyrrole nitrogens is 1. The number of carbonyl (C=O) groups is 1. The monoisotopic (exact) mass is 220 g/mol. The van der Waals surface area contributed by atoms with Gasteiger partial charge in [-0.3, -0.25) is 4.79 Å². The Balaban J connectivity index is 2.26. The molecular weight excluding hydrogens is 208 g/mol. The number of ketones is 1. The quantitative estimate of drug-likeness (QED) is 0.809. The number of imidazole rings is 1. The number of benzene rings is 1. The van der Waals surface area contributed by atoms with Gasteiger partial charge in [-0.15, -0.1) is 0 Å². The molecule has 0 saturated carbocycles. The van der Waals surface area contributed by atoms with Gasteiger partial charge in [0, 0.05) is 0 Å². The second-order valence-corrected chi connectivity index (χ2v) is 4.76. The van der Waals surface area contributed by atoms with Gasteiger partial charge in [-0.2, -0.15) is 0 Å². The summed E-state index contributed by atoms with van der Waals surface area (Å²) in [5, 5.41) is 0.754. The highest BCUT2D eigenvalue weighted by Gasteiger charge is 2.11. The van der Waals surface area contributed by atoms with Gasteiger partial charge in [-0.25, -0.2) is 4.98 Å². The molecule has 0 bridgehead atoms. The first-order chi connectivity index (χ1) is 7.16. The van der Waals surface area contributed by atoms with E-state index in [4.69, 9.17) is 0 Å². The SMILES string of the molecule is CC(=O)C(C)Sc1nc2ccccc2[nH]1. The van der Waals surface area contributed by atoms with Gasteiger partial charge in [0.2, 0.25) is 0 Å². The van der Waals surface area contributed by atoms with Crippen LogP contribution in [0.3, 0.4) is 0 Å². The summed E-state index contributed by atoms with van der Waals surface area (Å²) in [5.41, 5.74) is 1.95. The van der Waals surface area contributed by atoms with Crippen molar-refractivity contribution in [1.29, 1.82) is 0 Å². The average molecular weight is 220 g/mol. The number of aromatic amines is 1.